The highest BCUT2D eigenvalue weighted by atomic mass is 32.1. The fraction of sp³-hybridized carbons (Fsp3) is 0. The van der Waals surface area contributed by atoms with E-state index in [1.54, 1.807) is 11.3 Å². The van der Waals surface area contributed by atoms with E-state index in [1.165, 1.54) is 0 Å². The minimum absolute atomic E-state index is 1.00. The van der Waals surface area contributed by atoms with Gasteiger partial charge in [0.05, 0.1) is 22.1 Å². The molecule has 0 aliphatic rings. The standard InChI is InChI=1S/C18H11N3S/c1-3-7-11-13(9-5-1)19-17-15(11)21-16-12-8-4-2-6-10-14(12)20-18(16)22-17/h1-10,21H. The second-order valence-corrected chi connectivity index (χ2v) is 6.21. The molecule has 0 radical (unpaired) electrons. The summed E-state index contributed by atoms with van der Waals surface area (Å²) in [5, 5.41) is 2.29. The molecule has 0 aliphatic carbocycles. The van der Waals surface area contributed by atoms with E-state index in [2.05, 4.69) is 17.1 Å². The molecule has 0 saturated carbocycles. The molecule has 5 aromatic rings. The Labute approximate surface area is 129 Å². The first-order valence-corrected chi connectivity index (χ1v) is 7.94. The number of hydrogen-bond donors (Lipinski definition) is 1. The molecule has 2 aromatic carbocycles. The largest absolute Gasteiger partial charge is 0.350 e. The molecule has 0 atom stereocenters. The van der Waals surface area contributed by atoms with Crippen LogP contribution in [0, 0.1) is 0 Å². The van der Waals surface area contributed by atoms with Gasteiger partial charge in [-0.3, -0.25) is 0 Å². The normalized spacial score (nSPS) is 11.6. The predicted octanol–water partition coefficient (Wildman–Crippen LogP) is 5.04. The Kier molecular flexibility index (Phi) is 2.37. The van der Waals surface area contributed by atoms with E-state index < -0.39 is 0 Å². The van der Waals surface area contributed by atoms with Gasteiger partial charge in [-0.2, -0.15) is 0 Å². The molecule has 3 aromatic heterocycles. The van der Waals surface area contributed by atoms with Crippen molar-refractivity contribution in [3.8, 4) is 0 Å². The maximum absolute atomic E-state index is 4.74. The first kappa shape index (κ1) is 11.9. The lowest BCUT2D eigenvalue weighted by atomic mass is 10.3. The fourth-order valence-electron chi connectivity index (χ4n) is 2.86. The third-order valence-electron chi connectivity index (χ3n) is 3.88. The molecular weight excluding hydrogens is 290 g/mol. The van der Waals surface area contributed by atoms with Crippen molar-refractivity contribution < 1.29 is 0 Å². The molecule has 0 bridgehead atoms. The van der Waals surface area contributed by atoms with Gasteiger partial charge in [0, 0.05) is 10.8 Å². The number of fused-ring (bicyclic) bond motifs is 6. The van der Waals surface area contributed by atoms with Crippen molar-refractivity contribution in [3.05, 3.63) is 60.7 Å². The van der Waals surface area contributed by atoms with E-state index >= 15 is 0 Å². The van der Waals surface area contributed by atoms with Gasteiger partial charge in [-0.15, -0.1) is 0 Å². The van der Waals surface area contributed by atoms with Gasteiger partial charge in [-0.25, -0.2) is 9.97 Å². The summed E-state index contributed by atoms with van der Waals surface area (Å²) in [6.45, 7) is 0. The number of aromatic nitrogens is 3. The Balaban J connectivity index is 2.03. The molecule has 3 nitrogen and oxygen atoms in total. The molecule has 104 valence electrons. The highest BCUT2D eigenvalue weighted by Gasteiger charge is 2.11. The van der Waals surface area contributed by atoms with Crippen LogP contribution in [-0.4, -0.2) is 15.0 Å². The maximum Gasteiger partial charge on any atom is 0.143 e. The van der Waals surface area contributed by atoms with E-state index in [-0.39, 0.29) is 0 Å². The number of nitrogens with one attached hydrogen (secondary N) is 1. The molecule has 4 heteroatoms. The zero-order chi connectivity index (χ0) is 14.5. The van der Waals surface area contributed by atoms with Crippen molar-refractivity contribution in [3.63, 3.8) is 0 Å². The minimum Gasteiger partial charge on any atom is -0.350 e. The lowest BCUT2D eigenvalue weighted by molar-refractivity contribution is 1.53. The topological polar surface area (TPSA) is 41.6 Å². The van der Waals surface area contributed by atoms with Crippen LogP contribution in [0.3, 0.4) is 0 Å². The van der Waals surface area contributed by atoms with Crippen LogP contribution >= 0.6 is 11.3 Å². The summed E-state index contributed by atoms with van der Waals surface area (Å²) in [7, 11) is 0. The van der Waals surface area contributed by atoms with Crippen molar-refractivity contribution >= 4 is 53.8 Å². The smallest absolute Gasteiger partial charge is 0.143 e. The van der Waals surface area contributed by atoms with Gasteiger partial charge >= 0.3 is 0 Å². The number of rotatable bonds is 0. The number of aromatic amines is 1. The van der Waals surface area contributed by atoms with E-state index in [1.807, 2.05) is 48.5 Å². The molecule has 1 N–H and O–H groups in total. The summed E-state index contributed by atoms with van der Waals surface area (Å²) in [5.41, 5.74) is 4.19. The number of hydrogen-bond acceptors (Lipinski definition) is 3. The molecule has 0 fully saturated rings. The van der Waals surface area contributed by atoms with Crippen LogP contribution in [0.1, 0.15) is 0 Å². The predicted molar refractivity (Wildman–Crippen MR) is 93.1 cm³/mol. The van der Waals surface area contributed by atoms with Gasteiger partial charge in [-0.1, -0.05) is 59.9 Å². The van der Waals surface area contributed by atoms with Gasteiger partial charge in [0.15, 0.2) is 0 Å². The second-order valence-electron chi connectivity index (χ2n) is 5.23. The monoisotopic (exact) mass is 301 g/mol. The molecular formula is C18H11N3S. The van der Waals surface area contributed by atoms with E-state index in [9.17, 15) is 0 Å². The van der Waals surface area contributed by atoms with Crippen LogP contribution in [0.25, 0.3) is 42.5 Å². The third-order valence-corrected chi connectivity index (χ3v) is 4.86. The molecule has 0 aliphatic heterocycles. The van der Waals surface area contributed by atoms with Gasteiger partial charge in [-0.05, 0) is 12.1 Å². The second kappa shape index (κ2) is 4.39. The SMILES string of the molecule is c1ccc2nc3sc4nc5cccccc5c4[nH]c3c2cc1. The van der Waals surface area contributed by atoms with Crippen molar-refractivity contribution in [1.82, 2.24) is 15.0 Å². The van der Waals surface area contributed by atoms with Gasteiger partial charge in [0.1, 0.15) is 9.66 Å². The summed E-state index contributed by atoms with van der Waals surface area (Å²) >= 11 is 1.64. The molecule has 3 heterocycles. The molecule has 0 saturated heterocycles. The lowest BCUT2D eigenvalue weighted by Gasteiger charge is -1.93. The molecule has 0 unspecified atom stereocenters. The van der Waals surface area contributed by atoms with E-state index in [0.29, 0.717) is 0 Å². The van der Waals surface area contributed by atoms with E-state index in [0.717, 1.165) is 42.5 Å². The summed E-state index contributed by atoms with van der Waals surface area (Å²) in [6.07, 6.45) is 0. The summed E-state index contributed by atoms with van der Waals surface area (Å²) in [6, 6.07) is 20.5. The Morgan fingerprint density at radius 1 is 0.636 bits per heavy atom. The van der Waals surface area contributed by atoms with Gasteiger partial charge < -0.3 is 4.98 Å². The van der Waals surface area contributed by atoms with E-state index in [4.69, 9.17) is 9.97 Å². The minimum atomic E-state index is 1.00. The first-order valence-electron chi connectivity index (χ1n) is 7.12. The quantitative estimate of drug-likeness (QED) is 0.435. The Morgan fingerprint density at radius 3 is 1.68 bits per heavy atom. The van der Waals surface area contributed by atoms with Crippen LogP contribution in [0.2, 0.25) is 0 Å². The Bertz CT molecular complexity index is 1090. The lowest BCUT2D eigenvalue weighted by Crippen LogP contribution is -1.74. The zero-order valence-corrected chi connectivity index (χ0v) is 12.4. The van der Waals surface area contributed by atoms with Crippen LogP contribution < -0.4 is 0 Å². The van der Waals surface area contributed by atoms with Crippen LogP contribution in [-0.2, 0) is 0 Å². The molecule has 22 heavy (non-hydrogen) atoms. The van der Waals surface area contributed by atoms with Crippen LogP contribution in [0.5, 0.6) is 0 Å². The zero-order valence-electron chi connectivity index (χ0n) is 11.6. The highest BCUT2D eigenvalue weighted by molar-refractivity contribution is 7.24. The number of nitrogens with zero attached hydrogens (tertiary/aromatic N) is 2. The Hall–Kier alpha value is -2.72. The van der Waals surface area contributed by atoms with Crippen molar-refractivity contribution in [2.45, 2.75) is 0 Å². The number of H-pyrrole nitrogens is 1. The van der Waals surface area contributed by atoms with Crippen LogP contribution in [0.15, 0.2) is 60.7 Å². The highest BCUT2D eigenvalue weighted by Crippen LogP contribution is 2.33. The summed E-state index contributed by atoms with van der Waals surface area (Å²) in [4.78, 5) is 15.0. The van der Waals surface area contributed by atoms with Crippen molar-refractivity contribution in [2.75, 3.05) is 0 Å². The molecule has 5 rings (SSSR count). The average molecular weight is 301 g/mol. The van der Waals surface area contributed by atoms with Crippen molar-refractivity contribution in [1.29, 1.82) is 0 Å². The fourth-order valence-corrected chi connectivity index (χ4v) is 3.86. The van der Waals surface area contributed by atoms with Crippen LogP contribution in [0.4, 0.5) is 0 Å². The van der Waals surface area contributed by atoms with Crippen molar-refractivity contribution in [2.24, 2.45) is 0 Å². The third kappa shape index (κ3) is 1.61. The average Bonchev–Trinajstić information content (AvgIpc) is 2.80. The summed E-state index contributed by atoms with van der Waals surface area (Å²) < 4.78 is 0. The molecule has 0 spiro atoms. The maximum atomic E-state index is 4.74. The van der Waals surface area contributed by atoms with Gasteiger partial charge in [0.25, 0.3) is 0 Å². The van der Waals surface area contributed by atoms with Gasteiger partial charge in [0.2, 0.25) is 0 Å². The first-order chi connectivity index (χ1) is 10.9. The summed E-state index contributed by atoms with van der Waals surface area (Å²) in [5.74, 6) is 0. The Morgan fingerprint density at radius 2 is 1.14 bits per heavy atom. The molecule has 0 amide bonds.